The van der Waals surface area contributed by atoms with Crippen LogP contribution < -0.4 is 5.32 Å². The van der Waals surface area contributed by atoms with Gasteiger partial charge in [-0.25, -0.2) is 4.79 Å². The lowest BCUT2D eigenvalue weighted by atomic mass is 9.76. The summed E-state index contributed by atoms with van der Waals surface area (Å²) in [5, 5.41) is 14.3. The van der Waals surface area contributed by atoms with Gasteiger partial charge in [0.05, 0.1) is 5.02 Å². The van der Waals surface area contributed by atoms with Gasteiger partial charge in [-0.3, -0.25) is 4.79 Å². The molecular weight excluding hydrogens is 286 g/mol. The predicted octanol–water partition coefficient (Wildman–Crippen LogP) is 3.16. The van der Waals surface area contributed by atoms with Crippen LogP contribution in [0.15, 0.2) is 11.4 Å². The third-order valence-electron chi connectivity index (χ3n) is 3.58. The molecule has 104 valence electrons. The molecule has 2 rings (SSSR count). The van der Waals surface area contributed by atoms with E-state index in [-0.39, 0.29) is 0 Å². The van der Waals surface area contributed by atoms with Gasteiger partial charge in [0.25, 0.3) is 5.91 Å². The number of nitrogens with one attached hydrogen (secondary N) is 1. The van der Waals surface area contributed by atoms with E-state index in [9.17, 15) is 14.7 Å². The quantitative estimate of drug-likeness (QED) is 0.901. The van der Waals surface area contributed by atoms with Crippen LogP contribution in [-0.2, 0) is 4.79 Å². The summed E-state index contributed by atoms with van der Waals surface area (Å²) in [6.45, 7) is 2.02. The van der Waals surface area contributed by atoms with Gasteiger partial charge >= 0.3 is 5.97 Å². The second-order valence-corrected chi connectivity index (χ2v) is 6.46. The van der Waals surface area contributed by atoms with Gasteiger partial charge in [-0.05, 0) is 30.2 Å². The van der Waals surface area contributed by atoms with Gasteiger partial charge in [0, 0.05) is 0 Å². The summed E-state index contributed by atoms with van der Waals surface area (Å²) in [4.78, 5) is 24.1. The smallest absolute Gasteiger partial charge is 0.329 e. The monoisotopic (exact) mass is 301 g/mol. The fraction of sp³-hybridized carbons (Fsp3) is 0.538. The van der Waals surface area contributed by atoms with E-state index < -0.39 is 17.4 Å². The number of thiophene rings is 1. The van der Waals surface area contributed by atoms with Gasteiger partial charge in [-0.1, -0.05) is 31.4 Å². The highest BCUT2D eigenvalue weighted by atomic mass is 35.5. The molecule has 0 bridgehead atoms. The molecule has 1 amide bonds. The second kappa shape index (κ2) is 5.51. The Morgan fingerprint density at radius 1 is 1.58 bits per heavy atom. The number of hydrogen-bond acceptors (Lipinski definition) is 3. The molecule has 19 heavy (non-hydrogen) atoms. The van der Waals surface area contributed by atoms with Crippen molar-refractivity contribution < 1.29 is 14.7 Å². The van der Waals surface area contributed by atoms with Crippen LogP contribution in [0.5, 0.6) is 0 Å². The molecule has 1 aliphatic rings. The third-order valence-corrected chi connectivity index (χ3v) is 4.92. The van der Waals surface area contributed by atoms with Crippen molar-refractivity contribution in [2.45, 2.75) is 38.1 Å². The minimum absolute atomic E-state index is 0.295. The van der Waals surface area contributed by atoms with E-state index in [1.807, 2.05) is 6.92 Å². The highest BCUT2D eigenvalue weighted by molar-refractivity contribution is 7.12. The van der Waals surface area contributed by atoms with Gasteiger partial charge in [-0.2, -0.15) is 0 Å². The number of carbonyl (C=O) groups is 2. The first kappa shape index (κ1) is 14.3. The van der Waals surface area contributed by atoms with Crippen molar-refractivity contribution >= 4 is 34.8 Å². The van der Waals surface area contributed by atoms with Crippen molar-refractivity contribution in [1.29, 1.82) is 0 Å². The zero-order chi connectivity index (χ0) is 14.0. The number of halogens is 1. The van der Waals surface area contributed by atoms with Crippen molar-refractivity contribution in [1.82, 2.24) is 5.32 Å². The Morgan fingerprint density at radius 3 is 2.84 bits per heavy atom. The van der Waals surface area contributed by atoms with E-state index in [2.05, 4.69) is 5.32 Å². The molecule has 1 heterocycles. The van der Waals surface area contributed by atoms with Crippen LogP contribution in [0.2, 0.25) is 5.02 Å². The first-order chi connectivity index (χ1) is 8.94. The molecule has 1 saturated carbocycles. The molecule has 1 aromatic rings. The van der Waals surface area contributed by atoms with Crippen molar-refractivity contribution in [3.05, 3.63) is 21.3 Å². The Kier molecular flexibility index (Phi) is 4.16. The minimum Gasteiger partial charge on any atom is -0.480 e. The number of aliphatic carboxylic acids is 1. The lowest BCUT2D eigenvalue weighted by molar-refractivity contribution is -0.146. The molecule has 0 aliphatic heterocycles. The molecule has 1 aliphatic carbocycles. The van der Waals surface area contributed by atoms with Crippen LogP contribution >= 0.6 is 22.9 Å². The van der Waals surface area contributed by atoms with Gasteiger partial charge in [0.15, 0.2) is 0 Å². The number of carbonyl (C=O) groups excluding carboxylic acids is 1. The first-order valence-corrected chi connectivity index (χ1v) is 7.49. The largest absolute Gasteiger partial charge is 0.480 e. The molecular formula is C13H16ClNO3S. The normalized spacial score (nSPS) is 26.9. The molecule has 0 radical (unpaired) electrons. The molecule has 4 nitrogen and oxygen atoms in total. The predicted molar refractivity (Wildman–Crippen MR) is 74.8 cm³/mol. The molecule has 0 saturated heterocycles. The Balaban J connectivity index is 2.20. The van der Waals surface area contributed by atoms with Crippen LogP contribution in [0, 0.1) is 5.92 Å². The summed E-state index contributed by atoms with van der Waals surface area (Å²) >= 11 is 7.13. The zero-order valence-electron chi connectivity index (χ0n) is 10.6. The third kappa shape index (κ3) is 2.92. The highest BCUT2D eigenvalue weighted by Gasteiger charge is 2.43. The van der Waals surface area contributed by atoms with Crippen molar-refractivity contribution in [2.24, 2.45) is 5.92 Å². The van der Waals surface area contributed by atoms with Crippen LogP contribution in [0.3, 0.4) is 0 Å². The van der Waals surface area contributed by atoms with Crippen molar-refractivity contribution in [3.63, 3.8) is 0 Å². The first-order valence-electron chi connectivity index (χ1n) is 6.23. The van der Waals surface area contributed by atoms with Crippen LogP contribution in [0.4, 0.5) is 0 Å². The van der Waals surface area contributed by atoms with Crippen molar-refractivity contribution in [3.8, 4) is 0 Å². The van der Waals surface area contributed by atoms with E-state index in [1.165, 1.54) is 11.3 Å². The maximum Gasteiger partial charge on any atom is 0.329 e. The molecule has 2 N–H and O–H groups in total. The van der Waals surface area contributed by atoms with Gasteiger partial charge < -0.3 is 10.4 Å². The average Bonchev–Trinajstić information content (AvgIpc) is 2.75. The maximum absolute atomic E-state index is 12.2. The number of rotatable bonds is 3. The summed E-state index contributed by atoms with van der Waals surface area (Å²) in [5.41, 5.74) is -1.15. The van der Waals surface area contributed by atoms with E-state index in [4.69, 9.17) is 11.6 Å². The van der Waals surface area contributed by atoms with Crippen LogP contribution in [-0.4, -0.2) is 22.5 Å². The second-order valence-electron chi connectivity index (χ2n) is 5.14. The Hall–Kier alpha value is -1.07. The lowest BCUT2D eigenvalue weighted by Crippen LogP contribution is -2.56. The highest BCUT2D eigenvalue weighted by Crippen LogP contribution is 2.33. The van der Waals surface area contributed by atoms with Gasteiger partial charge in [-0.15, -0.1) is 11.3 Å². The van der Waals surface area contributed by atoms with E-state index in [1.54, 1.807) is 11.4 Å². The molecule has 2 unspecified atom stereocenters. The number of carboxylic acids is 1. The summed E-state index contributed by atoms with van der Waals surface area (Å²) in [6.07, 6.45) is 2.76. The number of carboxylic acid groups (broad SMARTS) is 1. The fourth-order valence-electron chi connectivity index (χ4n) is 2.64. The SMILES string of the molecule is CC1CCCC(NC(=O)c2sccc2Cl)(C(=O)O)C1. The van der Waals surface area contributed by atoms with Gasteiger partial charge in [0.2, 0.25) is 0 Å². The lowest BCUT2D eigenvalue weighted by Gasteiger charge is -2.36. The summed E-state index contributed by atoms with van der Waals surface area (Å²) < 4.78 is 0. The summed E-state index contributed by atoms with van der Waals surface area (Å²) in [6, 6.07) is 1.64. The molecule has 1 fully saturated rings. The molecule has 2 atom stereocenters. The Labute approximate surface area is 120 Å². The topological polar surface area (TPSA) is 66.4 Å². The standard InChI is InChI=1S/C13H16ClNO3S/c1-8-3-2-5-13(7-8,12(17)18)15-11(16)10-9(14)4-6-19-10/h4,6,8H,2-3,5,7H2,1H3,(H,15,16)(H,17,18). The van der Waals surface area contributed by atoms with E-state index in [0.29, 0.717) is 28.7 Å². The maximum atomic E-state index is 12.2. The minimum atomic E-state index is -1.15. The molecule has 6 heteroatoms. The number of hydrogen-bond donors (Lipinski definition) is 2. The molecule has 0 spiro atoms. The average molecular weight is 302 g/mol. The summed E-state index contributed by atoms with van der Waals surface area (Å²) in [7, 11) is 0. The Morgan fingerprint density at radius 2 is 2.32 bits per heavy atom. The molecule has 1 aromatic heterocycles. The van der Waals surface area contributed by atoms with E-state index in [0.717, 1.165) is 12.8 Å². The van der Waals surface area contributed by atoms with Crippen LogP contribution in [0.25, 0.3) is 0 Å². The zero-order valence-corrected chi connectivity index (χ0v) is 12.2. The van der Waals surface area contributed by atoms with Crippen molar-refractivity contribution in [2.75, 3.05) is 0 Å². The molecule has 0 aromatic carbocycles. The fourth-order valence-corrected chi connectivity index (χ4v) is 3.68. The van der Waals surface area contributed by atoms with Crippen LogP contribution in [0.1, 0.15) is 42.3 Å². The Bertz CT molecular complexity index is 502. The van der Waals surface area contributed by atoms with E-state index >= 15 is 0 Å². The summed E-state index contributed by atoms with van der Waals surface area (Å²) in [5.74, 6) is -1.06. The number of amides is 1. The van der Waals surface area contributed by atoms with Gasteiger partial charge in [0.1, 0.15) is 10.4 Å².